The Hall–Kier alpha value is -0.420. The lowest BCUT2D eigenvalue weighted by Gasteiger charge is -2.22. The van der Waals surface area contributed by atoms with Gasteiger partial charge in [0.15, 0.2) is 0 Å². The lowest BCUT2D eigenvalue weighted by molar-refractivity contribution is -0.125. The van der Waals surface area contributed by atoms with Crippen molar-refractivity contribution in [3.8, 4) is 0 Å². The number of amides is 1. The molecule has 0 aliphatic carbocycles. The van der Waals surface area contributed by atoms with Crippen molar-refractivity contribution in [3.63, 3.8) is 0 Å². The van der Waals surface area contributed by atoms with Crippen LogP contribution in [0.4, 0.5) is 0 Å². The molecule has 1 N–H and O–H groups in total. The number of hydrogen-bond acceptors (Lipinski definition) is 3. The minimum Gasteiger partial charge on any atom is -0.348 e. The fourth-order valence-electron chi connectivity index (χ4n) is 1.34. The summed E-state index contributed by atoms with van der Waals surface area (Å²) < 4.78 is 11.9. The quantitative estimate of drug-likeness (QED) is 0.705. The first kappa shape index (κ1) is 16.6. The Balaban J connectivity index is 4.16. The van der Waals surface area contributed by atoms with Crippen LogP contribution in [0.3, 0.4) is 0 Å². The van der Waals surface area contributed by atoms with Crippen LogP contribution in [0.1, 0.15) is 27.2 Å². The van der Waals surface area contributed by atoms with Gasteiger partial charge in [0.05, 0.1) is 0 Å². The maximum absolute atomic E-state index is 11.9. The van der Waals surface area contributed by atoms with Crippen molar-refractivity contribution in [3.05, 3.63) is 0 Å². The van der Waals surface area contributed by atoms with Gasteiger partial charge < -0.3 is 10.2 Å². The zero-order valence-corrected chi connectivity index (χ0v) is 12.5. The van der Waals surface area contributed by atoms with Gasteiger partial charge in [-0.05, 0) is 18.9 Å². The van der Waals surface area contributed by atoms with Gasteiger partial charge in [0.1, 0.15) is 5.75 Å². The fraction of sp³-hybridized carbons (Fsp3) is 0.917. The molecule has 0 saturated heterocycles. The highest BCUT2D eigenvalue weighted by Gasteiger charge is 2.18. The molecule has 2 unspecified atom stereocenters. The second-order valence-electron chi connectivity index (χ2n) is 4.84. The first-order chi connectivity index (χ1) is 7.88. The Morgan fingerprint density at radius 3 is 2.35 bits per heavy atom. The van der Waals surface area contributed by atoms with Gasteiger partial charge >= 0.3 is 0 Å². The van der Waals surface area contributed by atoms with E-state index in [-0.39, 0.29) is 17.7 Å². The van der Waals surface area contributed by atoms with E-state index in [1.165, 1.54) is 4.90 Å². The molecule has 0 bridgehead atoms. The molecule has 0 heterocycles. The molecule has 0 aliphatic heterocycles. The molecule has 17 heavy (non-hydrogen) atoms. The van der Waals surface area contributed by atoms with Crippen molar-refractivity contribution in [1.82, 2.24) is 10.2 Å². The first-order valence-corrected chi connectivity index (χ1v) is 7.65. The normalized spacial score (nSPS) is 14.7. The van der Waals surface area contributed by atoms with Crippen LogP contribution >= 0.6 is 0 Å². The van der Waals surface area contributed by atoms with Gasteiger partial charge in [-0.15, -0.1) is 0 Å². The minimum absolute atomic E-state index is 0.0682. The maximum atomic E-state index is 11.9. The highest BCUT2D eigenvalue weighted by molar-refractivity contribution is 7.85. The van der Waals surface area contributed by atoms with Crippen LogP contribution in [0.5, 0.6) is 0 Å². The molecular weight excluding hydrogens is 236 g/mol. The van der Waals surface area contributed by atoms with Crippen LogP contribution in [0, 0.1) is 5.92 Å². The SMILES string of the molecule is CCCNC(CS(=O)CC(=O)N(C)C)C(C)C. The Kier molecular flexibility index (Phi) is 8.43. The lowest BCUT2D eigenvalue weighted by atomic mass is 10.1. The first-order valence-electron chi connectivity index (χ1n) is 6.17. The Bertz CT molecular complexity index is 255. The van der Waals surface area contributed by atoms with Gasteiger partial charge in [0, 0.05) is 36.7 Å². The third-order valence-electron chi connectivity index (χ3n) is 2.61. The van der Waals surface area contributed by atoms with Crippen molar-refractivity contribution >= 4 is 16.7 Å². The predicted octanol–water partition coefficient (Wildman–Crippen LogP) is 0.848. The molecule has 1 amide bonds. The molecule has 0 rings (SSSR count). The van der Waals surface area contributed by atoms with Crippen LogP contribution in [-0.2, 0) is 15.6 Å². The lowest BCUT2D eigenvalue weighted by Crippen LogP contribution is -2.40. The van der Waals surface area contributed by atoms with Crippen LogP contribution in [0.2, 0.25) is 0 Å². The predicted molar refractivity (Wildman–Crippen MR) is 73.5 cm³/mol. The van der Waals surface area contributed by atoms with Crippen LogP contribution in [-0.4, -0.2) is 53.2 Å². The van der Waals surface area contributed by atoms with E-state index in [4.69, 9.17) is 0 Å². The van der Waals surface area contributed by atoms with Crippen molar-refractivity contribution in [1.29, 1.82) is 0 Å². The van der Waals surface area contributed by atoms with Gasteiger partial charge in [0.2, 0.25) is 5.91 Å². The Labute approximate surface area is 108 Å². The largest absolute Gasteiger partial charge is 0.348 e. The van der Waals surface area contributed by atoms with Crippen molar-refractivity contribution in [2.24, 2.45) is 5.92 Å². The van der Waals surface area contributed by atoms with Crippen molar-refractivity contribution < 1.29 is 9.00 Å². The zero-order valence-electron chi connectivity index (χ0n) is 11.7. The van der Waals surface area contributed by atoms with E-state index in [0.29, 0.717) is 11.7 Å². The zero-order chi connectivity index (χ0) is 13.4. The van der Waals surface area contributed by atoms with E-state index in [1.54, 1.807) is 14.1 Å². The second kappa shape index (κ2) is 8.64. The van der Waals surface area contributed by atoms with Gasteiger partial charge in [-0.3, -0.25) is 9.00 Å². The number of carbonyl (C=O) groups excluding carboxylic acids is 1. The van der Waals surface area contributed by atoms with Gasteiger partial charge in [-0.1, -0.05) is 20.8 Å². The smallest absolute Gasteiger partial charge is 0.234 e. The van der Waals surface area contributed by atoms with E-state index < -0.39 is 10.8 Å². The summed E-state index contributed by atoms with van der Waals surface area (Å²) >= 11 is 0. The molecule has 0 saturated carbocycles. The van der Waals surface area contributed by atoms with Gasteiger partial charge in [0.25, 0.3) is 0 Å². The molecule has 0 radical (unpaired) electrons. The second-order valence-corrected chi connectivity index (χ2v) is 6.35. The molecule has 4 nitrogen and oxygen atoms in total. The molecular formula is C12H26N2O2S. The molecule has 5 heteroatoms. The van der Waals surface area contributed by atoms with E-state index >= 15 is 0 Å². The molecule has 0 spiro atoms. The van der Waals surface area contributed by atoms with E-state index in [0.717, 1.165) is 13.0 Å². The summed E-state index contributed by atoms with van der Waals surface area (Å²) in [4.78, 5) is 12.9. The third kappa shape index (κ3) is 7.49. The van der Waals surface area contributed by atoms with E-state index in [1.807, 2.05) is 0 Å². The summed E-state index contributed by atoms with van der Waals surface area (Å²) in [7, 11) is 2.30. The van der Waals surface area contributed by atoms with Crippen LogP contribution in [0.15, 0.2) is 0 Å². The highest BCUT2D eigenvalue weighted by Crippen LogP contribution is 2.04. The summed E-state index contributed by atoms with van der Waals surface area (Å²) in [5, 5.41) is 3.38. The Morgan fingerprint density at radius 1 is 1.35 bits per heavy atom. The molecule has 0 fully saturated rings. The molecule has 102 valence electrons. The average molecular weight is 262 g/mol. The van der Waals surface area contributed by atoms with Crippen molar-refractivity contribution in [2.45, 2.75) is 33.2 Å². The standard InChI is InChI=1S/C12H26N2O2S/c1-6-7-13-11(10(2)3)8-17(16)9-12(15)14(4)5/h10-11,13H,6-9H2,1-5H3. The summed E-state index contributed by atoms with van der Waals surface area (Å²) in [5.41, 5.74) is 0. The Morgan fingerprint density at radius 2 is 1.94 bits per heavy atom. The fourth-order valence-corrected chi connectivity index (χ4v) is 2.90. The monoisotopic (exact) mass is 262 g/mol. The number of rotatable bonds is 8. The summed E-state index contributed by atoms with van der Waals surface area (Å²) in [6.07, 6.45) is 1.06. The summed E-state index contributed by atoms with van der Waals surface area (Å²) in [6.45, 7) is 7.26. The van der Waals surface area contributed by atoms with Crippen LogP contribution in [0.25, 0.3) is 0 Å². The molecule has 0 aromatic carbocycles. The molecule has 0 aromatic rings. The number of nitrogens with zero attached hydrogens (tertiary/aromatic N) is 1. The van der Waals surface area contributed by atoms with E-state index in [2.05, 4.69) is 26.1 Å². The summed E-state index contributed by atoms with van der Waals surface area (Å²) in [6, 6.07) is 0.228. The topological polar surface area (TPSA) is 49.4 Å². The van der Waals surface area contributed by atoms with E-state index in [9.17, 15) is 9.00 Å². The minimum atomic E-state index is -1.08. The number of hydrogen-bond donors (Lipinski definition) is 1. The number of nitrogens with one attached hydrogen (secondary N) is 1. The average Bonchev–Trinajstić information content (AvgIpc) is 2.23. The molecule has 0 aliphatic rings. The number of carbonyl (C=O) groups is 1. The third-order valence-corrected chi connectivity index (χ3v) is 3.91. The van der Waals surface area contributed by atoms with Crippen molar-refractivity contribution in [2.75, 3.05) is 32.1 Å². The molecule has 2 atom stereocenters. The van der Waals surface area contributed by atoms with Crippen LogP contribution < -0.4 is 5.32 Å². The van der Waals surface area contributed by atoms with Gasteiger partial charge in [-0.25, -0.2) is 0 Å². The highest BCUT2D eigenvalue weighted by atomic mass is 32.2. The maximum Gasteiger partial charge on any atom is 0.234 e. The summed E-state index contributed by atoms with van der Waals surface area (Å²) in [5.74, 6) is 1.04. The molecule has 0 aromatic heterocycles. The van der Waals surface area contributed by atoms with Gasteiger partial charge in [-0.2, -0.15) is 0 Å².